The fourth-order valence-corrected chi connectivity index (χ4v) is 1.96. The van der Waals surface area contributed by atoms with Crippen LogP contribution in [0.15, 0.2) is 48.5 Å². The van der Waals surface area contributed by atoms with Gasteiger partial charge < -0.3 is 9.64 Å². The Hall–Kier alpha value is -2.36. The highest BCUT2D eigenvalue weighted by molar-refractivity contribution is 5.94. The molecule has 3 nitrogen and oxygen atoms in total. The highest BCUT2D eigenvalue weighted by Crippen LogP contribution is 2.15. The lowest BCUT2D eigenvalue weighted by Crippen LogP contribution is -2.26. The first kappa shape index (κ1) is 14.1. The predicted octanol–water partition coefficient (Wildman–Crippen LogP) is 3.11. The van der Waals surface area contributed by atoms with Crippen molar-refractivity contribution in [2.75, 3.05) is 14.2 Å². The van der Waals surface area contributed by atoms with Crippen molar-refractivity contribution in [3.63, 3.8) is 0 Å². The molecule has 2 aromatic carbocycles. The van der Waals surface area contributed by atoms with Crippen LogP contribution in [0.25, 0.3) is 0 Å². The van der Waals surface area contributed by atoms with E-state index in [0.717, 1.165) is 5.56 Å². The molecule has 0 unspecified atom stereocenters. The summed E-state index contributed by atoms with van der Waals surface area (Å²) >= 11 is 0. The molecule has 1 amide bonds. The molecule has 0 spiro atoms. The standard InChI is InChI=1S/C16H16FNO2/c1-18(11-12-5-3-7-14(17)9-12)16(19)13-6-4-8-15(10-13)20-2/h3-10H,11H2,1-2H3. The smallest absolute Gasteiger partial charge is 0.254 e. The zero-order valence-electron chi connectivity index (χ0n) is 11.5. The van der Waals surface area contributed by atoms with E-state index in [-0.39, 0.29) is 11.7 Å². The summed E-state index contributed by atoms with van der Waals surface area (Å²) in [6.07, 6.45) is 0. The molecule has 0 N–H and O–H groups in total. The zero-order valence-corrected chi connectivity index (χ0v) is 11.5. The van der Waals surface area contributed by atoms with Crippen LogP contribution in [-0.4, -0.2) is 25.0 Å². The van der Waals surface area contributed by atoms with Crippen LogP contribution in [0.5, 0.6) is 5.75 Å². The molecular weight excluding hydrogens is 257 g/mol. The van der Waals surface area contributed by atoms with Gasteiger partial charge >= 0.3 is 0 Å². The second kappa shape index (κ2) is 6.19. The van der Waals surface area contributed by atoms with Crippen LogP contribution in [0.1, 0.15) is 15.9 Å². The van der Waals surface area contributed by atoms with E-state index < -0.39 is 0 Å². The molecule has 0 saturated heterocycles. The molecule has 104 valence electrons. The Morgan fingerprint density at radius 1 is 1.20 bits per heavy atom. The molecule has 0 aromatic heterocycles. The van der Waals surface area contributed by atoms with Crippen LogP contribution in [0.3, 0.4) is 0 Å². The molecule has 20 heavy (non-hydrogen) atoms. The molecule has 0 aliphatic heterocycles. The molecule has 0 radical (unpaired) electrons. The quantitative estimate of drug-likeness (QED) is 0.856. The maximum absolute atomic E-state index is 13.1. The van der Waals surface area contributed by atoms with Crippen LogP contribution in [0.4, 0.5) is 4.39 Å². The highest BCUT2D eigenvalue weighted by Gasteiger charge is 2.12. The Morgan fingerprint density at radius 2 is 1.95 bits per heavy atom. The lowest BCUT2D eigenvalue weighted by Gasteiger charge is -2.17. The fourth-order valence-electron chi connectivity index (χ4n) is 1.96. The van der Waals surface area contributed by atoms with Gasteiger partial charge in [-0.1, -0.05) is 18.2 Å². The maximum Gasteiger partial charge on any atom is 0.254 e. The third-order valence-corrected chi connectivity index (χ3v) is 2.97. The largest absolute Gasteiger partial charge is 0.497 e. The average molecular weight is 273 g/mol. The maximum atomic E-state index is 13.1. The average Bonchev–Trinajstić information content (AvgIpc) is 2.46. The first-order valence-electron chi connectivity index (χ1n) is 6.24. The number of halogens is 1. The number of carbonyl (C=O) groups is 1. The summed E-state index contributed by atoms with van der Waals surface area (Å²) in [7, 11) is 3.24. The highest BCUT2D eigenvalue weighted by atomic mass is 19.1. The fraction of sp³-hybridized carbons (Fsp3) is 0.188. The Kier molecular flexibility index (Phi) is 4.35. The normalized spacial score (nSPS) is 10.2. The lowest BCUT2D eigenvalue weighted by atomic mass is 10.1. The van der Waals surface area contributed by atoms with Gasteiger partial charge in [-0.25, -0.2) is 4.39 Å². The van der Waals surface area contributed by atoms with E-state index in [1.165, 1.54) is 12.1 Å². The van der Waals surface area contributed by atoms with Crippen molar-refractivity contribution < 1.29 is 13.9 Å². The third kappa shape index (κ3) is 3.35. The van der Waals surface area contributed by atoms with E-state index in [1.807, 2.05) is 0 Å². The Labute approximate surface area is 117 Å². The number of ether oxygens (including phenoxy) is 1. The molecule has 0 fully saturated rings. The minimum absolute atomic E-state index is 0.131. The molecule has 0 aliphatic carbocycles. The molecule has 2 rings (SSSR count). The van der Waals surface area contributed by atoms with Gasteiger partial charge in [0.05, 0.1) is 7.11 Å². The topological polar surface area (TPSA) is 29.5 Å². The number of nitrogens with zero attached hydrogens (tertiary/aromatic N) is 1. The number of hydrogen-bond acceptors (Lipinski definition) is 2. The molecule has 4 heteroatoms. The summed E-state index contributed by atoms with van der Waals surface area (Å²) in [6, 6.07) is 13.2. The zero-order chi connectivity index (χ0) is 14.5. The van der Waals surface area contributed by atoms with E-state index in [1.54, 1.807) is 55.5 Å². The summed E-state index contributed by atoms with van der Waals surface area (Å²) in [4.78, 5) is 13.8. The number of methoxy groups -OCH3 is 1. The van der Waals surface area contributed by atoms with Crippen molar-refractivity contribution in [1.29, 1.82) is 0 Å². The molecule has 0 atom stereocenters. The Bertz CT molecular complexity index is 613. The van der Waals surface area contributed by atoms with Gasteiger partial charge in [0, 0.05) is 19.2 Å². The number of amides is 1. The third-order valence-electron chi connectivity index (χ3n) is 2.97. The van der Waals surface area contributed by atoms with Gasteiger partial charge in [0.2, 0.25) is 0 Å². The molecule has 0 heterocycles. The first-order chi connectivity index (χ1) is 9.60. The molecule has 0 bridgehead atoms. The van der Waals surface area contributed by atoms with Gasteiger partial charge in [-0.15, -0.1) is 0 Å². The van der Waals surface area contributed by atoms with Gasteiger partial charge in [0.15, 0.2) is 0 Å². The Balaban J connectivity index is 2.12. The van der Waals surface area contributed by atoms with Crippen LogP contribution in [0.2, 0.25) is 0 Å². The van der Waals surface area contributed by atoms with Crippen molar-refractivity contribution in [3.05, 3.63) is 65.5 Å². The number of benzene rings is 2. The van der Waals surface area contributed by atoms with E-state index in [2.05, 4.69) is 0 Å². The van der Waals surface area contributed by atoms with Gasteiger partial charge in [0.1, 0.15) is 11.6 Å². The van der Waals surface area contributed by atoms with Crippen LogP contribution >= 0.6 is 0 Å². The molecular formula is C16H16FNO2. The van der Waals surface area contributed by atoms with E-state index >= 15 is 0 Å². The van der Waals surface area contributed by atoms with Crippen LogP contribution < -0.4 is 4.74 Å². The molecule has 2 aromatic rings. The summed E-state index contributed by atoms with van der Waals surface area (Å²) in [6.45, 7) is 0.355. The Morgan fingerprint density at radius 3 is 2.65 bits per heavy atom. The van der Waals surface area contributed by atoms with Gasteiger partial charge in [-0.2, -0.15) is 0 Å². The number of carbonyl (C=O) groups excluding carboxylic acids is 1. The van der Waals surface area contributed by atoms with Crippen molar-refractivity contribution in [3.8, 4) is 5.75 Å². The van der Waals surface area contributed by atoms with Crippen molar-refractivity contribution in [2.45, 2.75) is 6.54 Å². The minimum Gasteiger partial charge on any atom is -0.497 e. The van der Waals surface area contributed by atoms with Crippen molar-refractivity contribution in [1.82, 2.24) is 4.90 Å². The lowest BCUT2D eigenvalue weighted by molar-refractivity contribution is 0.0784. The van der Waals surface area contributed by atoms with Crippen molar-refractivity contribution >= 4 is 5.91 Å². The predicted molar refractivity (Wildman–Crippen MR) is 75.2 cm³/mol. The van der Waals surface area contributed by atoms with Crippen molar-refractivity contribution in [2.24, 2.45) is 0 Å². The summed E-state index contributed by atoms with van der Waals surface area (Å²) in [5, 5.41) is 0. The molecule has 0 aliphatic rings. The van der Waals surface area contributed by atoms with Gasteiger partial charge in [-0.05, 0) is 35.9 Å². The van der Waals surface area contributed by atoms with Crippen LogP contribution in [0, 0.1) is 5.82 Å². The SMILES string of the molecule is COc1cccc(C(=O)N(C)Cc2cccc(F)c2)c1. The minimum atomic E-state index is -0.301. The summed E-state index contributed by atoms with van der Waals surface area (Å²) in [5.41, 5.74) is 1.30. The van der Waals surface area contributed by atoms with Gasteiger partial charge in [-0.3, -0.25) is 4.79 Å². The summed E-state index contributed by atoms with van der Waals surface area (Å²) in [5.74, 6) is 0.202. The second-order valence-corrected chi connectivity index (χ2v) is 4.52. The monoisotopic (exact) mass is 273 g/mol. The van der Waals surface area contributed by atoms with E-state index in [0.29, 0.717) is 17.9 Å². The first-order valence-corrected chi connectivity index (χ1v) is 6.24. The second-order valence-electron chi connectivity index (χ2n) is 4.52. The summed E-state index contributed by atoms with van der Waals surface area (Å²) < 4.78 is 18.2. The van der Waals surface area contributed by atoms with Crippen LogP contribution in [-0.2, 0) is 6.54 Å². The van der Waals surface area contributed by atoms with E-state index in [4.69, 9.17) is 4.74 Å². The van der Waals surface area contributed by atoms with Gasteiger partial charge in [0.25, 0.3) is 5.91 Å². The number of hydrogen-bond donors (Lipinski definition) is 0. The molecule has 0 saturated carbocycles. The van der Waals surface area contributed by atoms with E-state index in [9.17, 15) is 9.18 Å². The number of rotatable bonds is 4.